The predicted octanol–water partition coefficient (Wildman–Crippen LogP) is 1.13. The minimum absolute atomic E-state index is 0.0503. The molecule has 0 aliphatic heterocycles. The number of amides is 1. The SMILES string of the molecule is CCS(=O)(=O)NCc1ccc(C(=O)NC2(CN)CCCC2)cc1. The molecule has 128 valence electrons. The van der Waals surface area contributed by atoms with Gasteiger partial charge in [-0.15, -0.1) is 0 Å². The van der Waals surface area contributed by atoms with E-state index < -0.39 is 10.0 Å². The monoisotopic (exact) mass is 339 g/mol. The Labute approximate surface area is 137 Å². The minimum atomic E-state index is -3.21. The average Bonchev–Trinajstić information content (AvgIpc) is 3.02. The van der Waals surface area contributed by atoms with E-state index in [1.807, 2.05) is 0 Å². The highest BCUT2D eigenvalue weighted by Crippen LogP contribution is 2.28. The van der Waals surface area contributed by atoms with Gasteiger partial charge in [-0.05, 0) is 37.5 Å². The van der Waals surface area contributed by atoms with E-state index in [9.17, 15) is 13.2 Å². The number of carbonyl (C=O) groups is 1. The molecule has 0 heterocycles. The first kappa shape index (κ1) is 17.9. The summed E-state index contributed by atoms with van der Waals surface area (Å²) in [6, 6.07) is 6.95. The van der Waals surface area contributed by atoms with Gasteiger partial charge in [0.1, 0.15) is 0 Å². The van der Waals surface area contributed by atoms with Crippen LogP contribution in [-0.2, 0) is 16.6 Å². The van der Waals surface area contributed by atoms with Crippen molar-refractivity contribution in [2.75, 3.05) is 12.3 Å². The highest BCUT2D eigenvalue weighted by Gasteiger charge is 2.33. The summed E-state index contributed by atoms with van der Waals surface area (Å²) in [6.45, 7) is 2.27. The van der Waals surface area contributed by atoms with Crippen molar-refractivity contribution in [3.05, 3.63) is 35.4 Å². The van der Waals surface area contributed by atoms with Gasteiger partial charge in [0, 0.05) is 18.7 Å². The second-order valence-electron chi connectivity index (χ2n) is 6.07. The number of nitrogens with one attached hydrogen (secondary N) is 2. The van der Waals surface area contributed by atoms with Crippen LogP contribution in [0.25, 0.3) is 0 Å². The van der Waals surface area contributed by atoms with E-state index in [4.69, 9.17) is 5.73 Å². The molecule has 4 N–H and O–H groups in total. The number of nitrogens with two attached hydrogens (primary N) is 1. The maximum atomic E-state index is 12.4. The van der Waals surface area contributed by atoms with Crippen LogP contribution in [0.15, 0.2) is 24.3 Å². The Morgan fingerprint density at radius 1 is 1.22 bits per heavy atom. The fourth-order valence-electron chi connectivity index (χ4n) is 2.81. The van der Waals surface area contributed by atoms with Gasteiger partial charge in [-0.2, -0.15) is 0 Å². The quantitative estimate of drug-likeness (QED) is 0.693. The molecule has 1 aromatic carbocycles. The van der Waals surface area contributed by atoms with Crippen LogP contribution in [0.3, 0.4) is 0 Å². The molecule has 0 spiro atoms. The molecule has 1 amide bonds. The number of hydrogen-bond donors (Lipinski definition) is 3. The first-order chi connectivity index (χ1) is 10.9. The first-order valence-corrected chi connectivity index (χ1v) is 9.64. The molecule has 0 unspecified atom stereocenters. The van der Waals surface area contributed by atoms with Gasteiger partial charge in [0.05, 0.1) is 11.3 Å². The lowest BCUT2D eigenvalue weighted by Gasteiger charge is -2.28. The summed E-state index contributed by atoms with van der Waals surface area (Å²) in [4.78, 5) is 12.4. The number of hydrogen-bond acceptors (Lipinski definition) is 4. The highest BCUT2D eigenvalue weighted by atomic mass is 32.2. The molecular weight excluding hydrogens is 314 g/mol. The zero-order valence-corrected chi connectivity index (χ0v) is 14.3. The van der Waals surface area contributed by atoms with E-state index in [-0.39, 0.29) is 23.7 Å². The lowest BCUT2D eigenvalue weighted by atomic mass is 9.97. The largest absolute Gasteiger partial charge is 0.345 e. The van der Waals surface area contributed by atoms with Crippen LogP contribution < -0.4 is 15.8 Å². The van der Waals surface area contributed by atoms with Gasteiger partial charge in [0.2, 0.25) is 10.0 Å². The third-order valence-electron chi connectivity index (χ3n) is 4.42. The van der Waals surface area contributed by atoms with Crippen molar-refractivity contribution in [2.45, 2.75) is 44.7 Å². The molecule has 1 aliphatic carbocycles. The predicted molar refractivity (Wildman–Crippen MR) is 90.5 cm³/mol. The van der Waals surface area contributed by atoms with Crippen molar-refractivity contribution in [1.82, 2.24) is 10.0 Å². The molecule has 23 heavy (non-hydrogen) atoms. The van der Waals surface area contributed by atoms with Crippen LogP contribution in [0.5, 0.6) is 0 Å². The molecule has 0 atom stereocenters. The molecule has 0 bridgehead atoms. The van der Waals surface area contributed by atoms with Gasteiger partial charge in [0.15, 0.2) is 0 Å². The van der Waals surface area contributed by atoms with Gasteiger partial charge in [-0.3, -0.25) is 4.79 Å². The molecule has 7 heteroatoms. The summed E-state index contributed by atoms with van der Waals surface area (Å²) >= 11 is 0. The standard InChI is InChI=1S/C16H25N3O3S/c1-2-23(21,22)18-11-13-5-7-14(8-6-13)15(20)19-16(12-17)9-3-4-10-16/h5-8,18H,2-4,9-12,17H2,1H3,(H,19,20). The Hall–Kier alpha value is -1.44. The maximum Gasteiger partial charge on any atom is 0.251 e. The molecule has 0 aromatic heterocycles. The summed E-state index contributed by atoms with van der Waals surface area (Å²) in [5.41, 5.74) is 6.94. The van der Waals surface area contributed by atoms with E-state index in [1.54, 1.807) is 31.2 Å². The van der Waals surface area contributed by atoms with Crippen molar-refractivity contribution in [2.24, 2.45) is 5.73 Å². The Morgan fingerprint density at radius 3 is 2.35 bits per heavy atom. The maximum absolute atomic E-state index is 12.4. The van der Waals surface area contributed by atoms with E-state index in [1.165, 1.54) is 0 Å². The zero-order valence-electron chi connectivity index (χ0n) is 13.5. The van der Waals surface area contributed by atoms with E-state index >= 15 is 0 Å². The summed E-state index contributed by atoms with van der Waals surface area (Å²) < 4.78 is 25.3. The number of sulfonamides is 1. The Bertz CT molecular complexity index is 635. The summed E-state index contributed by atoms with van der Waals surface area (Å²) in [6.07, 6.45) is 4.03. The van der Waals surface area contributed by atoms with Gasteiger partial charge < -0.3 is 11.1 Å². The fraction of sp³-hybridized carbons (Fsp3) is 0.562. The van der Waals surface area contributed by atoms with Crippen molar-refractivity contribution < 1.29 is 13.2 Å². The molecule has 2 rings (SSSR count). The number of carbonyl (C=O) groups excluding carboxylic acids is 1. The second-order valence-corrected chi connectivity index (χ2v) is 8.16. The van der Waals surface area contributed by atoms with Crippen molar-refractivity contribution in [1.29, 1.82) is 0 Å². The minimum Gasteiger partial charge on any atom is -0.345 e. The average molecular weight is 339 g/mol. The normalized spacial score (nSPS) is 17.1. The third kappa shape index (κ3) is 4.76. The van der Waals surface area contributed by atoms with Crippen molar-refractivity contribution in [3.63, 3.8) is 0 Å². The lowest BCUT2D eigenvalue weighted by Crippen LogP contribution is -2.51. The molecule has 0 saturated heterocycles. The van der Waals surface area contributed by atoms with E-state index in [0.717, 1.165) is 31.2 Å². The molecule has 1 aliphatic rings. The van der Waals surface area contributed by atoms with E-state index in [0.29, 0.717) is 12.1 Å². The fourth-order valence-corrected chi connectivity index (χ4v) is 3.40. The third-order valence-corrected chi connectivity index (χ3v) is 5.77. The molecule has 1 aromatic rings. The Kier molecular flexibility index (Phi) is 5.78. The van der Waals surface area contributed by atoms with Crippen LogP contribution in [0.1, 0.15) is 48.5 Å². The van der Waals surface area contributed by atoms with Gasteiger partial charge >= 0.3 is 0 Å². The first-order valence-electron chi connectivity index (χ1n) is 7.98. The topological polar surface area (TPSA) is 101 Å². The zero-order chi connectivity index (χ0) is 16.9. The Balaban J connectivity index is 1.97. The lowest BCUT2D eigenvalue weighted by molar-refractivity contribution is 0.0903. The second kappa shape index (κ2) is 7.42. The smallest absolute Gasteiger partial charge is 0.251 e. The van der Waals surface area contributed by atoms with Crippen molar-refractivity contribution in [3.8, 4) is 0 Å². The Morgan fingerprint density at radius 2 is 1.83 bits per heavy atom. The molecule has 1 fully saturated rings. The molecular formula is C16H25N3O3S. The number of rotatable bonds is 7. The summed E-state index contributed by atoms with van der Waals surface area (Å²) in [7, 11) is -3.21. The van der Waals surface area contributed by atoms with Crippen molar-refractivity contribution >= 4 is 15.9 Å². The molecule has 6 nitrogen and oxygen atoms in total. The highest BCUT2D eigenvalue weighted by molar-refractivity contribution is 7.89. The number of benzene rings is 1. The van der Waals surface area contributed by atoms with Crippen LogP contribution in [-0.4, -0.2) is 32.2 Å². The molecule has 1 saturated carbocycles. The van der Waals surface area contributed by atoms with Crippen LogP contribution in [0.4, 0.5) is 0 Å². The summed E-state index contributed by atoms with van der Waals surface area (Å²) in [5.74, 6) is -0.0766. The van der Waals surface area contributed by atoms with E-state index in [2.05, 4.69) is 10.0 Å². The van der Waals surface area contributed by atoms with Crippen LogP contribution in [0.2, 0.25) is 0 Å². The van der Waals surface area contributed by atoms with Crippen LogP contribution >= 0.6 is 0 Å². The van der Waals surface area contributed by atoms with Gasteiger partial charge in [-0.1, -0.05) is 25.0 Å². The summed E-state index contributed by atoms with van der Waals surface area (Å²) in [5, 5.41) is 3.07. The van der Waals surface area contributed by atoms with Crippen LogP contribution in [0, 0.1) is 0 Å². The van der Waals surface area contributed by atoms with Gasteiger partial charge in [0.25, 0.3) is 5.91 Å². The molecule has 0 radical (unpaired) electrons. The van der Waals surface area contributed by atoms with Gasteiger partial charge in [-0.25, -0.2) is 13.1 Å².